The first-order valence-corrected chi connectivity index (χ1v) is 6.82. The van der Waals surface area contributed by atoms with Gasteiger partial charge in [-0.3, -0.25) is 4.79 Å². The van der Waals surface area contributed by atoms with Crippen LogP contribution < -0.4 is 9.47 Å². The van der Waals surface area contributed by atoms with Crippen LogP contribution in [0.25, 0.3) is 0 Å². The summed E-state index contributed by atoms with van der Waals surface area (Å²) in [6.07, 6.45) is 1.54. The van der Waals surface area contributed by atoms with Gasteiger partial charge in [0.25, 0.3) is 5.91 Å². The summed E-state index contributed by atoms with van der Waals surface area (Å²) in [7, 11) is 1.62. The number of rotatable bonds is 2. The molecule has 0 N–H and O–H groups in total. The molecule has 1 aromatic heterocycles. The molecule has 2 heterocycles. The molecular formula is C16H17NO4. The summed E-state index contributed by atoms with van der Waals surface area (Å²) in [5, 5.41) is 0. The Hall–Kier alpha value is -2.43. The molecule has 5 heteroatoms. The van der Waals surface area contributed by atoms with Gasteiger partial charge in [-0.1, -0.05) is 0 Å². The van der Waals surface area contributed by atoms with E-state index in [1.807, 2.05) is 25.1 Å². The van der Waals surface area contributed by atoms with Gasteiger partial charge >= 0.3 is 0 Å². The van der Waals surface area contributed by atoms with E-state index in [1.165, 1.54) is 6.26 Å². The summed E-state index contributed by atoms with van der Waals surface area (Å²) in [6, 6.07) is 7.44. The summed E-state index contributed by atoms with van der Waals surface area (Å²) in [6.45, 7) is 3.34. The van der Waals surface area contributed by atoms with Crippen LogP contribution >= 0.6 is 0 Å². The van der Waals surface area contributed by atoms with E-state index < -0.39 is 0 Å². The van der Waals surface area contributed by atoms with E-state index >= 15 is 0 Å². The second-order valence-corrected chi connectivity index (χ2v) is 4.98. The first-order chi connectivity index (χ1) is 10.2. The van der Waals surface area contributed by atoms with Crippen molar-refractivity contribution in [1.29, 1.82) is 0 Å². The molecule has 1 aliphatic heterocycles. The highest BCUT2D eigenvalue weighted by molar-refractivity contribution is 5.92. The lowest BCUT2D eigenvalue weighted by molar-refractivity contribution is 0.0700. The van der Waals surface area contributed by atoms with Crippen molar-refractivity contribution in [2.75, 3.05) is 20.3 Å². The summed E-state index contributed by atoms with van der Waals surface area (Å²) in [4.78, 5) is 14.3. The Morgan fingerprint density at radius 3 is 2.90 bits per heavy atom. The van der Waals surface area contributed by atoms with Crippen molar-refractivity contribution in [1.82, 2.24) is 4.90 Å². The average molecular weight is 287 g/mol. The number of benzene rings is 1. The fraction of sp³-hybridized carbons (Fsp3) is 0.312. The lowest BCUT2D eigenvalue weighted by Gasteiger charge is -2.18. The van der Waals surface area contributed by atoms with Gasteiger partial charge in [0.1, 0.15) is 18.1 Å². The predicted octanol–water partition coefficient (Wildman–Crippen LogP) is 2.63. The topological polar surface area (TPSA) is 51.9 Å². The Balaban J connectivity index is 1.86. The molecular weight excluding hydrogens is 270 g/mol. The van der Waals surface area contributed by atoms with Gasteiger partial charge in [-0.2, -0.15) is 0 Å². The summed E-state index contributed by atoms with van der Waals surface area (Å²) >= 11 is 0. The van der Waals surface area contributed by atoms with E-state index in [-0.39, 0.29) is 5.91 Å². The van der Waals surface area contributed by atoms with Crippen molar-refractivity contribution in [3.8, 4) is 11.5 Å². The number of aryl methyl sites for hydroxylation is 1. The summed E-state index contributed by atoms with van der Waals surface area (Å²) in [5.41, 5.74) is 1.81. The molecule has 2 aromatic rings. The highest BCUT2D eigenvalue weighted by Gasteiger charge is 2.24. The van der Waals surface area contributed by atoms with Gasteiger partial charge in [0.2, 0.25) is 0 Å². The van der Waals surface area contributed by atoms with E-state index in [9.17, 15) is 4.79 Å². The average Bonchev–Trinajstić information content (AvgIpc) is 2.81. The zero-order chi connectivity index (χ0) is 14.8. The van der Waals surface area contributed by atoms with Crippen LogP contribution in [-0.2, 0) is 6.54 Å². The Kier molecular flexibility index (Phi) is 3.56. The van der Waals surface area contributed by atoms with Crippen LogP contribution in [0.3, 0.4) is 0 Å². The number of fused-ring (bicyclic) bond motifs is 1. The Bertz CT molecular complexity index is 662. The lowest BCUT2D eigenvalue weighted by Crippen LogP contribution is -2.32. The molecule has 0 atom stereocenters. The summed E-state index contributed by atoms with van der Waals surface area (Å²) in [5.74, 6) is 1.80. The van der Waals surface area contributed by atoms with Crippen LogP contribution in [0.5, 0.6) is 11.5 Å². The number of hydrogen-bond donors (Lipinski definition) is 0. The molecule has 3 rings (SSSR count). The standard InChI is InChI=1S/C16H17NO4/c1-11-5-7-21-15(11)16(18)17-6-8-20-14-9-13(19-2)4-3-12(14)10-17/h3-5,7,9H,6,8,10H2,1-2H3. The zero-order valence-electron chi connectivity index (χ0n) is 12.1. The van der Waals surface area contributed by atoms with Gasteiger partial charge in [0, 0.05) is 23.7 Å². The predicted molar refractivity (Wildman–Crippen MR) is 76.7 cm³/mol. The molecule has 0 spiro atoms. The van der Waals surface area contributed by atoms with Crippen LogP contribution in [0.2, 0.25) is 0 Å². The van der Waals surface area contributed by atoms with Gasteiger partial charge in [-0.05, 0) is 25.1 Å². The van der Waals surface area contributed by atoms with Gasteiger partial charge in [-0.25, -0.2) is 0 Å². The number of nitrogens with zero attached hydrogens (tertiary/aromatic N) is 1. The lowest BCUT2D eigenvalue weighted by atomic mass is 10.1. The molecule has 0 radical (unpaired) electrons. The third-order valence-electron chi connectivity index (χ3n) is 3.60. The van der Waals surface area contributed by atoms with Crippen LogP contribution in [0.15, 0.2) is 34.9 Å². The molecule has 5 nitrogen and oxygen atoms in total. The molecule has 21 heavy (non-hydrogen) atoms. The number of ether oxygens (including phenoxy) is 2. The fourth-order valence-corrected chi connectivity index (χ4v) is 2.39. The van der Waals surface area contributed by atoms with E-state index in [4.69, 9.17) is 13.9 Å². The Morgan fingerprint density at radius 1 is 1.33 bits per heavy atom. The maximum absolute atomic E-state index is 12.5. The highest BCUT2D eigenvalue weighted by atomic mass is 16.5. The Morgan fingerprint density at radius 2 is 2.19 bits per heavy atom. The van der Waals surface area contributed by atoms with Crippen molar-refractivity contribution >= 4 is 5.91 Å². The Labute approximate surface area is 123 Å². The smallest absolute Gasteiger partial charge is 0.290 e. The van der Waals surface area contributed by atoms with E-state index in [0.29, 0.717) is 25.5 Å². The third-order valence-corrected chi connectivity index (χ3v) is 3.60. The molecule has 0 unspecified atom stereocenters. The number of carbonyl (C=O) groups is 1. The molecule has 1 aromatic carbocycles. The first kappa shape index (κ1) is 13.5. The number of hydrogen-bond acceptors (Lipinski definition) is 4. The molecule has 110 valence electrons. The van der Waals surface area contributed by atoms with Crippen LogP contribution in [0, 0.1) is 6.92 Å². The second kappa shape index (κ2) is 5.52. The van der Waals surface area contributed by atoms with Crippen LogP contribution in [0.1, 0.15) is 21.7 Å². The van der Waals surface area contributed by atoms with E-state index in [2.05, 4.69) is 0 Å². The van der Waals surface area contributed by atoms with Gasteiger partial charge in [-0.15, -0.1) is 0 Å². The van der Waals surface area contributed by atoms with E-state index in [1.54, 1.807) is 18.1 Å². The van der Waals surface area contributed by atoms with Crippen molar-refractivity contribution < 1.29 is 18.7 Å². The maximum atomic E-state index is 12.5. The largest absolute Gasteiger partial charge is 0.497 e. The molecule has 0 saturated heterocycles. The van der Waals surface area contributed by atoms with Crippen molar-refractivity contribution in [3.05, 3.63) is 47.4 Å². The number of carbonyl (C=O) groups excluding carboxylic acids is 1. The summed E-state index contributed by atoms with van der Waals surface area (Å²) < 4.78 is 16.2. The van der Waals surface area contributed by atoms with Crippen molar-refractivity contribution in [2.24, 2.45) is 0 Å². The minimum absolute atomic E-state index is 0.107. The number of furan rings is 1. The molecule has 1 amide bonds. The molecule has 1 aliphatic rings. The fourth-order valence-electron chi connectivity index (χ4n) is 2.39. The van der Waals surface area contributed by atoms with E-state index in [0.717, 1.165) is 22.6 Å². The molecule has 0 bridgehead atoms. The highest BCUT2D eigenvalue weighted by Crippen LogP contribution is 2.28. The van der Waals surface area contributed by atoms with Crippen molar-refractivity contribution in [2.45, 2.75) is 13.5 Å². The molecule has 0 aliphatic carbocycles. The quantitative estimate of drug-likeness (QED) is 0.852. The molecule has 0 saturated carbocycles. The third kappa shape index (κ3) is 2.59. The van der Waals surface area contributed by atoms with Crippen molar-refractivity contribution in [3.63, 3.8) is 0 Å². The minimum atomic E-state index is -0.107. The van der Waals surface area contributed by atoms with Gasteiger partial charge < -0.3 is 18.8 Å². The van der Waals surface area contributed by atoms with Gasteiger partial charge in [0.05, 0.1) is 19.9 Å². The number of methoxy groups -OCH3 is 1. The SMILES string of the molecule is COc1ccc2c(c1)OCCN(C(=O)c1occc1C)C2. The monoisotopic (exact) mass is 287 g/mol. The number of amides is 1. The zero-order valence-corrected chi connectivity index (χ0v) is 12.1. The molecule has 0 fully saturated rings. The van der Waals surface area contributed by atoms with Gasteiger partial charge in [0.15, 0.2) is 5.76 Å². The van der Waals surface area contributed by atoms with Crippen LogP contribution in [-0.4, -0.2) is 31.1 Å². The van der Waals surface area contributed by atoms with Crippen LogP contribution in [0.4, 0.5) is 0 Å². The first-order valence-electron chi connectivity index (χ1n) is 6.82. The minimum Gasteiger partial charge on any atom is -0.497 e. The normalized spacial score (nSPS) is 14.1. The maximum Gasteiger partial charge on any atom is 0.290 e. The second-order valence-electron chi connectivity index (χ2n) is 4.98.